The minimum atomic E-state index is 0.0281. The smallest absolute Gasteiger partial charge is 0.228 e. The van der Waals surface area contributed by atoms with Gasteiger partial charge in [-0.2, -0.15) is 0 Å². The maximum absolute atomic E-state index is 6.27. The van der Waals surface area contributed by atoms with Gasteiger partial charge in [0.25, 0.3) is 0 Å². The molecule has 0 bridgehead atoms. The van der Waals surface area contributed by atoms with Crippen LogP contribution in [0.15, 0.2) is 30.3 Å². The lowest BCUT2D eigenvalue weighted by Crippen LogP contribution is -2.55. The van der Waals surface area contributed by atoms with Gasteiger partial charge < -0.3 is 9.57 Å². The highest BCUT2D eigenvalue weighted by molar-refractivity contribution is 5.20. The van der Waals surface area contributed by atoms with E-state index >= 15 is 0 Å². The fourth-order valence-electron chi connectivity index (χ4n) is 2.81. The summed E-state index contributed by atoms with van der Waals surface area (Å²) >= 11 is 0. The number of hydrogen-bond donors (Lipinski definition) is 0. The molecule has 1 aromatic carbocycles. The lowest BCUT2D eigenvalue weighted by atomic mass is 10.1. The van der Waals surface area contributed by atoms with Gasteiger partial charge in [-0.05, 0) is 25.5 Å². The van der Waals surface area contributed by atoms with Gasteiger partial charge in [-0.3, -0.25) is 0 Å². The molecule has 3 nitrogen and oxygen atoms in total. The first kappa shape index (κ1) is 20.0. The van der Waals surface area contributed by atoms with Crippen LogP contribution in [-0.4, -0.2) is 31.1 Å². The third-order valence-electron chi connectivity index (χ3n) is 4.44. The lowest BCUT2D eigenvalue weighted by molar-refractivity contribution is -1.10. The van der Waals surface area contributed by atoms with Crippen molar-refractivity contribution in [2.24, 2.45) is 0 Å². The predicted octanol–water partition coefficient (Wildman–Crippen LogP) is 5.56. The van der Waals surface area contributed by atoms with E-state index in [2.05, 4.69) is 20.9 Å². The number of nitrogens with zero attached hydrogens (tertiary/aromatic N) is 1. The van der Waals surface area contributed by atoms with Gasteiger partial charge in [0.2, 0.25) is 6.23 Å². The summed E-state index contributed by atoms with van der Waals surface area (Å²) < 4.78 is 6.32. The molecule has 0 spiro atoms. The van der Waals surface area contributed by atoms with Gasteiger partial charge in [-0.25, -0.2) is 0 Å². The molecule has 23 heavy (non-hydrogen) atoms. The van der Waals surface area contributed by atoms with Crippen LogP contribution in [0, 0.1) is 0 Å². The van der Waals surface area contributed by atoms with Crippen molar-refractivity contribution in [2.75, 3.05) is 20.2 Å². The first-order chi connectivity index (χ1) is 11.1. The Kier molecular flexibility index (Phi) is 9.97. The number of hydroxylamine groups is 3. The number of para-hydroxylation sites is 1. The average Bonchev–Trinajstić information content (AvgIpc) is 2.55. The van der Waals surface area contributed by atoms with Crippen LogP contribution in [0.5, 0.6) is 5.75 Å². The maximum Gasteiger partial charge on any atom is 0.228 e. The van der Waals surface area contributed by atoms with E-state index in [1.807, 2.05) is 37.3 Å². The van der Waals surface area contributed by atoms with Crippen LogP contribution >= 0.6 is 0 Å². The van der Waals surface area contributed by atoms with Crippen molar-refractivity contribution in [1.29, 1.82) is 0 Å². The van der Waals surface area contributed by atoms with E-state index in [1.165, 1.54) is 44.9 Å². The molecule has 3 heteroatoms. The second kappa shape index (κ2) is 11.5. The number of benzene rings is 1. The summed E-state index contributed by atoms with van der Waals surface area (Å²) in [5.74, 6) is 0.907. The molecule has 0 N–H and O–H groups in total. The topological polar surface area (TPSA) is 18.5 Å². The molecule has 0 amide bonds. The molecule has 0 aliphatic heterocycles. The van der Waals surface area contributed by atoms with Gasteiger partial charge in [0.15, 0.2) is 5.75 Å². The normalized spacial score (nSPS) is 15.1. The highest BCUT2D eigenvalue weighted by Crippen LogP contribution is 2.21. The van der Waals surface area contributed by atoms with Crippen molar-refractivity contribution in [3.8, 4) is 5.75 Å². The minimum Gasteiger partial charge on any atom is -0.327 e. The standard InChI is InChI=1S/C20H36NO2/c1-5-7-8-9-10-11-15-18-21(4,19(3)22-6-2)23-20-16-13-12-14-17-20/h12-14,16-17,19H,5-11,15,18H2,1-4H3/q+1. The Morgan fingerprint density at radius 1 is 0.913 bits per heavy atom. The zero-order valence-electron chi connectivity index (χ0n) is 15.6. The van der Waals surface area contributed by atoms with E-state index in [9.17, 15) is 0 Å². The average molecular weight is 323 g/mol. The fourth-order valence-corrected chi connectivity index (χ4v) is 2.81. The Hall–Kier alpha value is -1.06. The highest BCUT2D eigenvalue weighted by Gasteiger charge is 2.32. The number of quaternary nitrogens is 1. The predicted molar refractivity (Wildman–Crippen MR) is 97.2 cm³/mol. The van der Waals surface area contributed by atoms with Crippen molar-refractivity contribution >= 4 is 0 Å². The Balaban J connectivity index is 2.48. The quantitative estimate of drug-likeness (QED) is 0.205. The van der Waals surface area contributed by atoms with Crippen LogP contribution in [0.2, 0.25) is 0 Å². The van der Waals surface area contributed by atoms with Gasteiger partial charge in [0, 0.05) is 13.3 Å². The second-order valence-electron chi connectivity index (χ2n) is 6.48. The number of hydrogen-bond acceptors (Lipinski definition) is 2. The van der Waals surface area contributed by atoms with Crippen molar-refractivity contribution in [1.82, 2.24) is 0 Å². The maximum atomic E-state index is 6.27. The molecule has 0 saturated carbocycles. The Labute approximate surface area is 143 Å². The van der Waals surface area contributed by atoms with Gasteiger partial charge in [0.05, 0.1) is 6.61 Å². The second-order valence-corrected chi connectivity index (χ2v) is 6.48. The fraction of sp³-hybridized carbons (Fsp3) is 0.700. The summed E-state index contributed by atoms with van der Waals surface area (Å²) in [4.78, 5) is 6.27. The number of ether oxygens (including phenoxy) is 1. The SMILES string of the molecule is CCCCCCCCC[N+](C)(Oc1ccccc1)C(C)OCC. The summed E-state index contributed by atoms with van der Waals surface area (Å²) in [6.45, 7) is 8.09. The first-order valence-corrected chi connectivity index (χ1v) is 9.33. The molecular formula is C20H36NO2+. The molecule has 132 valence electrons. The van der Waals surface area contributed by atoms with Crippen molar-refractivity contribution in [3.05, 3.63) is 30.3 Å². The van der Waals surface area contributed by atoms with Gasteiger partial charge in [-0.15, -0.1) is 4.65 Å². The number of rotatable bonds is 13. The molecule has 1 rings (SSSR count). The summed E-state index contributed by atoms with van der Waals surface area (Å²) in [5.41, 5.74) is 0. The molecule has 0 radical (unpaired) electrons. The molecule has 2 unspecified atom stereocenters. The van der Waals surface area contributed by atoms with E-state index in [0.29, 0.717) is 11.3 Å². The lowest BCUT2D eigenvalue weighted by Gasteiger charge is -2.36. The zero-order valence-corrected chi connectivity index (χ0v) is 15.6. The first-order valence-electron chi connectivity index (χ1n) is 9.33. The third-order valence-corrected chi connectivity index (χ3v) is 4.44. The monoisotopic (exact) mass is 322 g/mol. The van der Waals surface area contributed by atoms with Gasteiger partial charge >= 0.3 is 0 Å². The molecule has 0 aliphatic carbocycles. The Morgan fingerprint density at radius 3 is 2.13 bits per heavy atom. The van der Waals surface area contributed by atoms with Crippen molar-refractivity contribution in [2.45, 2.75) is 71.9 Å². The van der Waals surface area contributed by atoms with E-state index in [-0.39, 0.29) is 6.23 Å². The van der Waals surface area contributed by atoms with Gasteiger partial charge in [-0.1, -0.05) is 57.2 Å². The van der Waals surface area contributed by atoms with Crippen molar-refractivity contribution < 1.29 is 14.2 Å². The van der Waals surface area contributed by atoms with Crippen molar-refractivity contribution in [3.63, 3.8) is 0 Å². The largest absolute Gasteiger partial charge is 0.327 e. The summed E-state index contributed by atoms with van der Waals surface area (Å²) in [6, 6.07) is 10.1. The van der Waals surface area contributed by atoms with E-state index in [4.69, 9.17) is 9.57 Å². The summed E-state index contributed by atoms with van der Waals surface area (Å²) in [6.07, 6.45) is 9.21. The Bertz CT molecular complexity index is 396. The minimum absolute atomic E-state index is 0.0281. The van der Waals surface area contributed by atoms with Gasteiger partial charge in [0.1, 0.15) is 13.6 Å². The van der Waals surface area contributed by atoms with Crippen LogP contribution in [-0.2, 0) is 4.74 Å². The highest BCUT2D eigenvalue weighted by atomic mass is 16.7. The van der Waals surface area contributed by atoms with Crippen LogP contribution in [0.25, 0.3) is 0 Å². The van der Waals surface area contributed by atoms with E-state index in [0.717, 1.165) is 12.3 Å². The molecule has 0 aromatic heterocycles. The molecule has 2 atom stereocenters. The van der Waals surface area contributed by atoms with Crippen LogP contribution in [0.1, 0.15) is 65.7 Å². The summed E-state index contributed by atoms with van der Waals surface area (Å²) in [5, 5.41) is 0. The van der Waals surface area contributed by atoms with Crippen LogP contribution < -0.4 is 4.84 Å². The zero-order chi connectivity index (χ0) is 17.0. The molecular weight excluding hydrogens is 286 g/mol. The number of unbranched alkanes of at least 4 members (excludes halogenated alkanes) is 6. The third kappa shape index (κ3) is 7.85. The van der Waals surface area contributed by atoms with Crippen LogP contribution in [0.3, 0.4) is 0 Å². The molecule has 0 fully saturated rings. The molecule has 0 saturated heterocycles. The molecule has 0 aliphatic rings. The van der Waals surface area contributed by atoms with E-state index < -0.39 is 0 Å². The van der Waals surface area contributed by atoms with Crippen LogP contribution in [0.4, 0.5) is 0 Å². The summed E-state index contributed by atoms with van der Waals surface area (Å²) in [7, 11) is 2.13. The van der Waals surface area contributed by atoms with E-state index in [1.54, 1.807) is 0 Å². The molecule has 1 aromatic rings. The Morgan fingerprint density at radius 2 is 1.52 bits per heavy atom. The molecule has 0 heterocycles.